The fourth-order valence-corrected chi connectivity index (χ4v) is 2.62. The summed E-state index contributed by atoms with van der Waals surface area (Å²) in [6, 6.07) is 5.99. The summed E-state index contributed by atoms with van der Waals surface area (Å²) in [7, 11) is 0. The highest BCUT2D eigenvalue weighted by atomic mass is 32.1. The third-order valence-electron chi connectivity index (χ3n) is 3.01. The Morgan fingerprint density at radius 1 is 1.38 bits per heavy atom. The van der Waals surface area contributed by atoms with Gasteiger partial charge in [0.1, 0.15) is 10.8 Å². The van der Waals surface area contributed by atoms with Crippen LogP contribution in [0.25, 0.3) is 10.6 Å². The first-order valence-corrected chi connectivity index (χ1v) is 6.97. The number of halogens is 1. The SMILES string of the molecule is CC(C)(C(=N)OC(N)=O)c1csc(-c2ccc(F)cc2)n1. The number of nitrogens with two attached hydrogens (primary N) is 1. The molecule has 0 fully saturated rings. The van der Waals surface area contributed by atoms with E-state index in [1.54, 1.807) is 31.4 Å². The Bertz CT molecular complexity index is 680. The Morgan fingerprint density at radius 2 is 2.00 bits per heavy atom. The number of hydrogen-bond acceptors (Lipinski definition) is 5. The predicted molar refractivity (Wildman–Crippen MR) is 78.9 cm³/mol. The van der Waals surface area contributed by atoms with Crippen molar-refractivity contribution < 1.29 is 13.9 Å². The van der Waals surface area contributed by atoms with Crippen LogP contribution in [0.4, 0.5) is 9.18 Å². The number of amides is 1. The van der Waals surface area contributed by atoms with Crippen molar-refractivity contribution in [1.82, 2.24) is 4.98 Å². The van der Waals surface area contributed by atoms with Crippen LogP contribution >= 0.6 is 11.3 Å². The van der Waals surface area contributed by atoms with Gasteiger partial charge in [0.25, 0.3) is 0 Å². The van der Waals surface area contributed by atoms with E-state index in [1.807, 2.05) is 0 Å². The van der Waals surface area contributed by atoms with Gasteiger partial charge in [-0.2, -0.15) is 0 Å². The van der Waals surface area contributed by atoms with Crippen LogP contribution in [0.15, 0.2) is 29.6 Å². The molecule has 1 heterocycles. The number of primary amides is 1. The van der Waals surface area contributed by atoms with Crippen LogP contribution in [0, 0.1) is 11.2 Å². The van der Waals surface area contributed by atoms with Crippen LogP contribution in [-0.2, 0) is 10.2 Å². The maximum atomic E-state index is 12.9. The van der Waals surface area contributed by atoms with Gasteiger partial charge in [0.05, 0.1) is 11.1 Å². The first-order chi connectivity index (χ1) is 9.80. The second-order valence-corrected chi connectivity index (χ2v) is 5.78. The number of hydrogen-bond donors (Lipinski definition) is 2. The van der Waals surface area contributed by atoms with Crippen molar-refractivity contribution >= 4 is 23.3 Å². The second kappa shape index (κ2) is 5.61. The molecule has 1 aromatic heterocycles. The third kappa shape index (κ3) is 3.25. The van der Waals surface area contributed by atoms with E-state index in [0.29, 0.717) is 10.7 Å². The highest BCUT2D eigenvalue weighted by Crippen LogP contribution is 2.31. The van der Waals surface area contributed by atoms with E-state index in [9.17, 15) is 9.18 Å². The van der Waals surface area contributed by atoms with Crippen molar-refractivity contribution in [2.45, 2.75) is 19.3 Å². The van der Waals surface area contributed by atoms with Crippen LogP contribution in [0.5, 0.6) is 0 Å². The molecule has 0 aliphatic heterocycles. The monoisotopic (exact) mass is 307 g/mol. The molecular weight excluding hydrogens is 293 g/mol. The van der Waals surface area contributed by atoms with E-state index in [0.717, 1.165) is 5.56 Å². The first kappa shape index (κ1) is 15.1. The number of nitrogens with one attached hydrogen (secondary N) is 1. The molecule has 0 saturated heterocycles. The van der Waals surface area contributed by atoms with Crippen LogP contribution in [0.3, 0.4) is 0 Å². The molecule has 3 N–H and O–H groups in total. The lowest BCUT2D eigenvalue weighted by molar-refractivity contribution is 0.203. The molecule has 0 aliphatic carbocycles. The molecular formula is C14H14FN3O2S. The average molecular weight is 307 g/mol. The minimum absolute atomic E-state index is 0.272. The number of carbonyl (C=O) groups is 1. The zero-order valence-corrected chi connectivity index (χ0v) is 12.3. The molecule has 0 unspecified atom stereocenters. The molecule has 0 aliphatic rings. The van der Waals surface area contributed by atoms with Gasteiger partial charge in [0.2, 0.25) is 5.90 Å². The molecule has 110 valence electrons. The smallest absolute Gasteiger partial charge is 0.395 e. The Labute approximate surface area is 125 Å². The maximum Gasteiger partial charge on any atom is 0.411 e. The lowest BCUT2D eigenvalue weighted by Crippen LogP contribution is -2.34. The Balaban J connectivity index is 2.28. The molecule has 21 heavy (non-hydrogen) atoms. The number of rotatable bonds is 3. The largest absolute Gasteiger partial charge is 0.411 e. The summed E-state index contributed by atoms with van der Waals surface area (Å²) in [5.41, 5.74) is 5.40. The quantitative estimate of drug-likeness (QED) is 0.673. The number of carbonyl (C=O) groups excluding carboxylic acids is 1. The van der Waals surface area contributed by atoms with Gasteiger partial charge in [-0.3, -0.25) is 5.41 Å². The summed E-state index contributed by atoms with van der Waals surface area (Å²) in [6.45, 7) is 3.42. The third-order valence-corrected chi connectivity index (χ3v) is 3.90. The molecule has 7 heteroatoms. The van der Waals surface area contributed by atoms with Crippen molar-refractivity contribution in [1.29, 1.82) is 5.41 Å². The van der Waals surface area contributed by atoms with E-state index in [4.69, 9.17) is 11.1 Å². The summed E-state index contributed by atoms with van der Waals surface area (Å²) in [4.78, 5) is 15.2. The highest BCUT2D eigenvalue weighted by Gasteiger charge is 2.32. The van der Waals surface area contributed by atoms with Crippen LogP contribution in [-0.4, -0.2) is 17.0 Å². The second-order valence-electron chi connectivity index (χ2n) is 4.92. The summed E-state index contributed by atoms with van der Waals surface area (Å²) in [5, 5.41) is 10.3. The Hall–Kier alpha value is -2.28. The summed E-state index contributed by atoms with van der Waals surface area (Å²) in [5.74, 6) is -0.585. The van der Waals surface area contributed by atoms with Gasteiger partial charge >= 0.3 is 6.09 Å². The van der Waals surface area contributed by atoms with Crippen molar-refractivity contribution in [3.63, 3.8) is 0 Å². The zero-order valence-electron chi connectivity index (χ0n) is 11.5. The lowest BCUT2D eigenvalue weighted by atomic mass is 9.90. The molecule has 0 radical (unpaired) electrons. The minimum atomic E-state index is -1.03. The number of nitrogens with zero attached hydrogens (tertiary/aromatic N) is 1. The Kier molecular flexibility index (Phi) is 4.04. The van der Waals surface area contributed by atoms with Gasteiger partial charge in [0, 0.05) is 10.9 Å². The molecule has 0 saturated carbocycles. The van der Waals surface area contributed by atoms with E-state index < -0.39 is 11.5 Å². The van der Waals surface area contributed by atoms with Gasteiger partial charge in [-0.05, 0) is 38.1 Å². The summed E-state index contributed by atoms with van der Waals surface area (Å²) < 4.78 is 17.6. The molecule has 2 rings (SSSR count). The van der Waals surface area contributed by atoms with Crippen molar-refractivity contribution in [2.24, 2.45) is 5.73 Å². The average Bonchev–Trinajstić information content (AvgIpc) is 2.89. The fourth-order valence-electron chi connectivity index (χ4n) is 1.63. The van der Waals surface area contributed by atoms with Gasteiger partial charge in [0.15, 0.2) is 0 Å². The molecule has 2 aromatic rings. The molecule has 1 aromatic carbocycles. The molecule has 5 nitrogen and oxygen atoms in total. The van der Waals surface area contributed by atoms with Gasteiger partial charge < -0.3 is 10.5 Å². The van der Waals surface area contributed by atoms with Gasteiger partial charge in [-0.15, -0.1) is 11.3 Å². The zero-order chi connectivity index (χ0) is 15.6. The van der Waals surface area contributed by atoms with Crippen LogP contribution in [0.1, 0.15) is 19.5 Å². The van der Waals surface area contributed by atoms with E-state index in [1.165, 1.54) is 23.5 Å². The first-order valence-electron chi connectivity index (χ1n) is 6.09. The maximum absolute atomic E-state index is 12.9. The van der Waals surface area contributed by atoms with E-state index >= 15 is 0 Å². The van der Waals surface area contributed by atoms with E-state index in [2.05, 4.69) is 9.72 Å². The van der Waals surface area contributed by atoms with Gasteiger partial charge in [-0.25, -0.2) is 14.2 Å². The number of aromatic nitrogens is 1. The van der Waals surface area contributed by atoms with E-state index in [-0.39, 0.29) is 11.7 Å². The molecule has 0 spiro atoms. The normalized spacial score (nSPS) is 11.2. The summed E-state index contributed by atoms with van der Waals surface area (Å²) in [6.07, 6.45) is -1.03. The van der Waals surface area contributed by atoms with Crippen molar-refractivity contribution in [3.05, 3.63) is 41.2 Å². The molecule has 0 bridgehead atoms. The van der Waals surface area contributed by atoms with Crippen molar-refractivity contribution in [3.8, 4) is 10.6 Å². The number of ether oxygens (including phenoxy) is 1. The topological polar surface area (TPSA) is 89.1 Å². The minimum Gasteiger partial charge on any atom is -0.395 e. The number of thiazole rings is 1. The summed E-state index contributed by atoms with van der Waals surface area (Å²) >= 11 is 1.37. The standard InChI is InChI=1S/C14H14FN3O2S/c1-14(2,12(16)20-13(17)19)10-7-21-11(18-10)8-3-5-9(15)6-4-8/h3-7,16H,1-2H3,(H2,17,19). The number of benzene rings is 1. The van der Waals surface area contributed by atoms with Crippen molar-refractivity contribution in [2.75, 3.05) is 0 Å². The lowest BCUT2D eigenvalue weighted by Gasteiger charge is -2.21. The highest BCUT2D eigenvalue weighted by molar-refractivity contribution is 7.13. The fraction of sp³-hybridized carbons (Fsp3) is 0.214. The predicted octanol–water partition coefficient (Wildman–Crippen LogP) is 3.30. The molecule has 0 atom stereocenters. The van der Waals surface area contributed by atoms with Crippen LogP contribution < -0.4 is 5.73 Å². The van der Waals surface area contributed by atoms with Gasteiger partial charge in [-0.1, -0.05) is 0 Å². The van der Waals surface area contributed by atoms with Crippen LogP contribution in [0.2, 0.25) is 0 Å². The Morgan fingerprint density at radius 3 is 2.57 bits per heavy atom. The molecule has 1 amide bonds.